The van der Waals surface area contributed by atoms with Gasteiger partial charge in [-0.3, -0.25) is 9.78 Å². The van der Waals surface area contributed by atoms with Crippen molar-refractivity contribution in [3.8, 4) is 11.5 Å². The first-order chi connectivity index (χ1) is 12.7. The fraction of sp³-hybridized carbons (Fsp3) is 0.412. The number of nitrogens with zero attached hydrogens (tertiary/aromatic N) is 3. The molecule has 5 N–H and O–H groups in total. The Kier molecular flexibility index (Phi) is 7.32. The molecule has 0 saturated heterocycles. The summed E-state index contributed by atoms with van der Waals surface area (Å²) in [6, 6.07) is 3.53. The van der Waals surface area contributed by atoms with E-state index in [1.165, 1.54) is 4.57 Å². The molecule has 0 unspecified atom stereocenters. The number of hydrogen-bond acceptors (Lipinski definition) is 8. The number of aromatic nitrogens is 4. The van der Waals surface area contributed by atoms with Crippen LogP contribution in [-0.2, 0) is 6.54 Å². The monoisotopic (exact) mass is 418 g/mol. The first-order valence-electron chi connectivity index (χ1n) is 8.29. The van der Waals surface area contributed by atoms with Gasteiger partial charge in [-0.05, 0) is 37.1 Å². The molecule has 1 aromatic carbocycles. The SMILES string of the molecule is Cc1cc2nc3c(=O)[nH]c(=O)nc-3n(C[C@@H](O)[C@@H](O)[C@@H](O)CO)c2cc1C.[CaH2]. The number of aromatic amines is 1. The molecule has 2 heterocycles. The number of aliphatic hydroxyl groups is 4. The van der Waals surface area contributed by atoms with E-state index >= 15 is 0 Å². The minimum atomic E-state index is -1.64. The van der Waals surface area contributed by atoms with Crippen LogP contribution in [0.2, 0.25) is 0 Å². The van der Waals surface area contributed by atoms with Gasteiger partial charge in [-0.25, -0.2) is 9.78 Å². The van der Waals surface area contributed by atoms with Gasteiger partial charge in [-0.2, -0.15) is 4.98 Å². The van der Waals surface area contributed by atoms with Crippen LogP contribution in [0.15, 0.2) is 21.7 Å². The van der Waals surface area contributed by atoms with Crippen molar-refractivity contribution in [2.24, 2.45) is 0 Å². The molecule has 0 amide bonds. The Morgan fingerprint density at radius 3 is 2.36 bits per heavy atom. The van der Waals surface area contributed by atoms with Crippen LogP contribution in [0, 0.1) is 13.8 Å². The first kappa shape index (κ1) is 22.9. The Hall–Kier alpha value is -1.40. The van der Waals surface area contributed by atoms with E-state index in [4.69, 9.17) is 5.11 Å². The topological polar surface area (TPSA) is 162 Å². The van der Waals surface area contributed by atoms with Crippen LogP contribution in [0.4, 0.5) is 0 Å². The predicted octanol–water partition coefficient (Wildman–Crippen LogP) is -2.64. The number of hydrogen-bond donors (Lipinski definition) is 5. The minimum absolute atomic E-state index is 0. The second kappa shape index (κ2) is 8.95. The van der Waals surface area contributed by atoms with Crippen molar-refractivity contribution in [2.45, 2.75) is 38.7 Å². The van der Waals surface area contributed by atoms with Gasteiger partial charge < -0.3 is 25.0 Å². The molecule has 10 nitrogen and oxygen atoms in total. The first-order valence-corrected chi connectivity index (χ1v) is 8.29. The third-order valence-corrected chi connectivity index (χ3v) is 4.57. The molecule has 11 heteroatoms. The third-order valence-electron chi connectivity index (χ3n) is 4.57. The number of aliphatic hydroxyl groups excluding tert-OH is 4. The summed E-state index contributed by atoms with van der Waals surface area (Å²) >= 11 is 0. The third kappa shape index (κ3) is 4.28. The molecule has 2 aliphatic heterocycles. The molecule has 0 spiro atoms. The summed E-state index contributed by atoms with van der Waals surface area (Å²) in [5.41, 5.74) is 1.11. The number of H-pyrrole nitrogens is 1. The molecule has 0 aromatic heterocycles. The summed E-state index contributed by atoms with van der Waals surface area (Å²) in [4.78, 5) is 34.0. The van der Waals surface area contributed by atoms with Gasteiger partial charge in [0.25, 0.3) is 5.56 Å². The quantitative estimate of drug-likeness (QED) is 0.222. The Bertz CT molecular complexity index is 1080. The molecule has 148 valence electrons. The molecular formula is C17H22CaN4O6. The zero-order chi connectivity index (χ0) is 19.9. The molecule has 1 aromatic rings. The van der Waals surface area contributed by atoms with Crippen molar-refractivity contribution in [1.82, 2.24) is 19.5 Å². The molecule has 2 aliphatic rings. The molecule has 3 rings (SSSR count). The van der Waals surface area contributed by atoms with Gasteiger partial charge >= 0.3 is 43.4 Å². The normalized spacial score (nSPS) is 14.6. The van der Waals surface area contributed by atoms with Crippen LogP contribution < -0.4 is 11.2 Å². The standard InChI is InChI=1S/C17H20N4O6.Ca.2H/c1-7-3-9-10(4-8(7)2)21(5-11(23)14(25)12(24)6-22)15-13(18-9)16(26)20-17(27)19-15;;;/h3-4,11-12,14,22-25H,5-6H2,1-2H3,(H,20,26,27);;;/t11-,12+,14-;;;/m1.../s1. The maximum atomic E-state index is 12.2. The summed E-state index contributed by atoms with van der Waals surface area (Å²) in [5.74, 6) is -0.0516. The van der Waals surface area contributed by atoms with Gasteiger partial charge in [0, 0.05) is 0 Å². The van der Waals surface area contributed by atoms with E-state index in [1.807, 2.05) is 13.8 Å². The van der Waals surface area contributed by atoms with E-state index in [2.05, 4.69) is 15.0 Å². The van der Waals surface area contributed by atoms with Crippen LogP contribution in [0.25, 0.3) is 22.6 Å². The molecular weight excluding hydrogens is 396 g/mol. The molecule has 0 radical (unpaired) electrons. The Morgan fingerprint density at radius 2 is 1.71 bits per heavy atom. The van der Waals surface area contributed by atoms with Crippen LogP contribution >= 0.6 is 0 Å². The zero-order valence-corrected chi connectivity index (χ0v) is 14.7. The van der Waals surface area contributed by atoms with Gasteiger partial charge in [0.05, 0.1) is 24.2 Å². The van der Waals surface area contributed by atoms with E-state index in [9.17, 15) is 24.9 Å². The van der Waals surface area contributed by atoms with E-state index in [0.29, 0.717) is 11.0 Å². The van der Waals surface area contributed by atoms with Crippen LogP contribution in [0.5, 0.6) is 0 Å². The fourth-order valence-corrected chi connectivity index (χ4v) is 2.89. The summed E-state index contributed by atoms with van der Waals surface area (Å²) in [6.45, 7) is 2.73. The Balaban J connectivity index is 0.00000280. The van der Waals surface area contributed by atoms with Crippen molar-refractivity contribution < 1.29 is 20.4 Å². The van der Waals surface area contributed by atoms with Crippen molar-refractivity contribution in [3.63, 3.8) is 0 Å². The van der Waals surface area contributed by atoms with Crippen molar-refractivity contribution >= 4 is 48.8 Å². The van der Waals surface area contributed by atoms with Crippen molar-refractivity contribution in [2.75, 3.05) is 6.61 Å². The molecule has 0 bridgehead atoms. The van der Waals surface area contributed by atoms with Gasteiger partial charge in [-0.1, -0.05) is 0 Å². The van der Waals surface area contributed by atoms with Gasteiger partial charge in [0.2, 0.25) is 0 Å². The van der Waals surface area contributed by atoms with Crippen molar-refractivity contribution in [1.29, 1.82) is 0 Å². The second-order valence-corrected chi connectivity index (χ2v) is 6.50. The zero-order valence-electron chi connectivity index (χ0n) is 14.7. The van der Waals surface area contributed by atoms with Crippen molar-refractivity contribution in [3.05, 3.63) is 44.1 Å². The molecule has 0 fully saturated rings. The predicted molar refractivity (Wildman–Crippen MR) is 104 cm³/mol. The fourth-order valence-electron chi connectivity index (χ4n) is 2.89. The molecule has 28 heavy (non-hydrogen) atoms. The van der Waals surface area contributed by atoms with Gasteiger partial charge in [0.1, 0.15) is 18.3 Å². The number of rotatable bonds is 5. The molecule has 0 aliphatic carbocycles. The Labute approximate surface area is 188 Å². The van der Waals surface area contributed by atoms with Crippen LogP contribution in [0.1, 0.15) is 11.1 Å². The summed E-state index contributed by atoms with van der Waals surface area (Å²) < 4.78 is 1.40. The van der Waals surface area contributed by atoms with E-state index < -0.39 is 36.2 Å². The number of benzene rings is 1. The van der Waals surface area contributed by atoms with Gasteiger partial charge in [0.15, 0.2) is 11.5 Å². The maximum absolute atomic E-state index is 12.2. The number of nitrogens with one attached hydrogen (secondary N) is 1. The van der Waals surface area contributed by atoms with E-state index in [1.54, 1.807) is 12.1 Å². The van der Waals surface area contributed by atoms with Crippen LogP contribution in [-0.4, -0.2) is 103 Å². The molecule has 0 saturated carbocycles. The Morgan fingerprint density at radius 1 is 1.07 bits per heavy atom. The molecule has 3 atom stereocenters. The van der Waals surface area contributed by atoms with Crippen LogP contribution in [0.3, 0.4) is 0 Å². The van der Waals surface area contributed by atoms with E-state index in [0.717, 1.165) is 11.1 Å². The number of fused-ring (bicyclic) bond motifs is 2. The summed E-state index contributed by atoms with van der Waals surface area (Å²) in [6.07, 6.45) is -4.68. The average molecular weight is 418 g/mol. The second-order valence-electron chi connectivity index (χ2n) is 6.50. The number of aryl methyl sites for hydroxylation is 2. The van der Waals surface area contributed by atoms with Gasteiger partial charge in [-0.15, -0.1) is 0 Å². The van der Waals surface area contributed by atoms with E-state index in [-0.39, 0.29) is 55.8 Å². The summed E-state index contributed by atoms with van der Waals surface area (Å²) in [7, 11) is 0. The summed E-state index contributed by atoms with van der Waals surface area (Å²) in [5, 5.41) is 38.8. The average Bonchev–Trinajstić information content (AvgIpc) is 2.62.